The van der Waals surface area contributed by atoms with Crippen LogP contribution in [0.15, 0.2) is 30.9 Å². The summed E-state index contributed by atoms with van der Waals surface area (Å²) < 4.78 is 2.03. The third kappa shape index (κ3) is 2.71. The van der Waals surface area contributed by atoms with Gasteiger partial charge in [0.25, 0.3) is 0 Å². The molecule has 0 fully saturated rings. The van der Waals surface area contributed by atoms with Gasteiger partial charge in [0.15, 0.2) is 0 Å². The number of imidazole rings is 1. The second-order valence-corrected chi connectivity index (χ2v) is 4.15. The van der Waals surface area contributed by atoms with Gasteiger partial charge in [-0.2, -0.15) is 0 Å². The van der Waals surface area contributed by atoms with Crippen LogP contribution in [0.3, 0.4) is 0 Å². The van der Waals surface area contributed by atoms with Crippen molar-refractivity contribution in [2.45, 2.75) is 32.9 Å². The Labute approximate surface area is 101 Å². The van der Waals surface area contributed by atoms with Gasteiger partial charge in [-0.25, -0.2) is 4.98 Å². The zero-order valence-electron chi connectivity index (χ0n) is 10.2. The molecule has 2 aromatic rings. The number of aryl methyl sites for hydroxylation is 2. The van der Waals surface area contributed by atoms with E-state index in [0.29, 0.717) is 6.42 Å². The van der Waals surface area contributed by atoms with E-state index in [4.69, 9.17) is 0 Å². The topological polar surface area (TPSA) is 50.9 Å². The van der Waals surface area contributed by atoms with Gasteiger partial charge in [-0.15, -0.1) is 0 Å². The number of pyridine rings is 1. The molecular weight excluding hydrogens is 214 g/mol. The van der Waals surface area contributed by atoms with E-state index in [1.807, 2.05) is 23.8 Å². The molecule has 0 amide bonds. The van der Waals surface area contributed by atoms with Crippen molar-refractivity contribution >= 4 is 0 Å². The molecule has 0 aliphatic rings. The highest BCUT2D eigenvalue weighted by atomic mass is 16.3. The van der Waals surface area contributed by atoms with E-state index in [1.54, 1.807) is 18.6 Å². The summed E-state index contributed by atoms with van der Waals surface area (Å²) in [7, 11) is 0. The van der Waals surface area contributed by atoms with Crippen LogP contribution >= 0.6 is 0 Å². The lowest BCUT2D eigenvalue weighted by Crippen LogP contribution is -2.08. The smallest absolute Gasteiger partial charge is 0.111 e. The molecule has 2 heterocycles. The van der Waals surface area contributed by atoms with Crippen LogP contribution in [0.5, 0.6) is 0 Å². The van der Waals surface area contributed by atoms with E-state index in [2.05, 4.69) is 16.9 Å². The molecule has 1 N–H and O–H groups in total. The molecule has 0 bridgehead atoms. The lowest BCUT2D eigenvalue weighted by molar-refractivity contribution is 0.174. The van der Waals surface area contributed by atoms with Gasteiger partial charge in [-0.05, 0) is 25.0 Å². The monoisotopic (exact) mass is 231 g/mol. The van der Waals surface area contributed by atoms with Crippen LogP contribution in [-0.4, -0.2) is 19.6 Å². The second-order valence-electron chi connectivity index (χ2n) is 4.15. The number of aliphatic hydroxyl groups excluding tert-OH is 1. The molecule has 17 heavy (non-hydrogen) atoms. The average molecular weight is 231 g/mol. The fourth-order valence-electron chi connectivity index (χ4n) is 1.87. The highest BCUT2D eigenvalue weighted by Gasteiger charge is 2.12. The fourth-order valence-corrected chi connectivity index (χ4v) is 1.87. The first-order chi connectivity index (χ1) is 8.20. The van der Waals surface area contributed by atoms with Gasteiger partial charge in [0.2, 0.25) is 0 Å². The molecule has 1 atom stereocenters. The van der Waals surface area contributed by atoms with Crippen molar-refractivity contribution < 1.29 is 5.11 Å². The van der Waals surface area contributed by atoms with Gasteiger partial charge in [-0.3, -0.25) is 4.98 Å². The minimum Gasteiger partial charge on any atom is -0.388 e. The fraction of sp³-hybridized carbons (Fsp3) is 0.385. The summed E-state index contributed by atoms with van der Waals surface area (Å²) in [5.41, 5.74) is 1.90. The van der Waals surface area contributed by atoms with Crippen molar-refractivity contribution in [3.05, 3.63) is 47.8 Å². The molecule has 0 saturated carbocycles. The Kier molecular flexibility index (Phi) is 3.54. The van der Waals surface area contributed by atoms with Crippen molar-refractivity contribution in [2.75, 3.05) is 0 Å². The minimum atomic E-state index is -0.546. The van der Waals surface area contributed by atoms with Crippen molar-refractivity contribution in [3.63, 3.8) is 0 Å². The number of hydrogen-bond donors (Lipinski definition) is 1. The van der Waals surface area contributed by atoms with E-state index in [1.165, 1.54) is 0 Å². The molecule has 0 aliphatic carbocycles. The van der Waals surface area contributed by atoms with Crippen LogP contribution in [-0.2, 0) is 13.0 Å². The SMILES string of the molecule is CCn1ccnc1CC(O)c1cncc(C)c1. The molecule has 0 aromatic carbocycles. The lowest BCUT2D eigenvalue weighted by Gasteiger charge is -2.11. The molecule has 1 unspecified atom stereocenters. The summed E-state index contributed by atoms with van der Waals surface area (Å²) in [4.78, 5) is 8.35. The summed E-state index contributed by atoms with van der Waals surface area (Å²) in [5, 5.41) is 10.1. The van der Waals surface area contributed by atoms with Gasteiger partial charge in [0.1, 0.15) is 5.82 Å². The summed E-state index contributed by atoms with van der Waals surface area (Å²) in [6.45, 7) is 4.90. The number of hydrogen-bond acceptors (Lipinski definition) is 3. The lowest BCUT2D eigenvalue weighted by atomic mass is 10.1. The van der Waals surface area contributed by atoms with Crippen LogP contribution in [0.2, 0.25) is 0 Å². The molecule has 0 spiro atoms. The Bertz CT molecular complexity index is 493. The van der Waals surface area contributed by atoms with Gasteiger partial charge >= 0.3 is 0 Å². The normalized spacial score (nSPS) is 12.6. The van der Waals surface area contributed by atoms with Gasteiger partial charge in [-0.1, -0.05) is 6.07 Å². The number of aromatic nitrogens is 3. The van der Waals surface area contributed by atoms with Crippen LogP contribution in [0.4, 0.5) is 0 Å². The standard InChI is InChI=1S/C13H17N3O/c1-3-16-5-4-15-13(16)7-12(17)11-6-10(2)8-14-9-11/h4-6,8-9,12,17H,3,7H2,1-2H3. The first-order valence-electron chi connectivity index (χ1n) is 5.80. The highest BCUT2D eigenvalue weighted by Crippen LogP contribution is 2.17. The summed E-state index contributed by atoms with van der Waals surface area (Å²) >= 11 is 0. The predicted molar refractivity (Wildman–Crippen MR) is 65.5 cm³/mol. The molecule has 90 valence electrons. The predicted octanol–water partition coefficient (Wildman–Crippen LogP) is 1.88. The quantitative estimate of drug-likeness (QED) is 0.874. The highest BCUT2D eigenvalue weighted by molar-refractivity contribution is 5.19. The van der Waals surface area contributed by atoms with Crippen LogP contribution in [0.25, 0.3) is 0 Å². The largest absolute Gasteiger partial charge is 0.388 e. The molecule has 0 radical (unpaired) electrons. The summed E-state index contributed by atoms with van der Waals surface area (Å²) in [6.07, 6.45) is 7.15. The zero-order chi connectivity index (χ0) is 12.3. The van der Waals surface area contributed by atoms with Crippen molar-refractivity contribution in [2.24, 2.45) is 0 Å². The van der Waals surface area contributed by atoms with Gasteiger partial charge in [0, 0.05) is 37.8 Å². The third-order valence-corrected chi connectivity index (χ3v) is 2.80. The summed E-state index contributed by atoms with van der Waals surface area (Å²) in [5.74, 6) is 0.904. The third-order valence-electron chi connectivity index (χ3n) is 2.80. The Balaban J connectivity index is 2.14. The van der Waals surface area contributed by atoms with Crippen molar-refractivity contribution in [3.8, 4) is 0 Å². The van der Waals surface area contributed by atoms with Crippen molar-refractivity contribution in [1.82, 2.24) is 14.5 Å². The van der Waals surface area contributed by atoms with E-state index in [-0.39, 0.29) is 0 Å². The number of aliphatic hydroxyl groups is 1. The van der Waals surface area contributed by atoms with Gasteiger partial charge < -0.3 is 9.67 Å². The molecular formula is C13H17N3O. The molecule has 0 aliphatic heterocycles. The van der Waals surface area contributed by atoms with E-state index in [0.717, 1.165) is 23.5 Å². The maximum absolute atomic E-state index is 10.1. The minimum absolute atomic E-state index is 0.520. The Morgan fingerprint density at radius 1 is 1.41 bits per heavy atom. The van der Waals surface area contributed by atoms with Crippen molar-refractivity contribution in [1.29, 1.82) is 0 Å². The number of nitrogens with zero attached hydrogens (tertiary/aromatic N) is 3. The first kappa shape index (κ1) is 11.8. The molecule has 4 heteroatoms. The van der Waals surface area contributed by atoms with E-state index >= 15 is 0 Å². The number of rotatable bonds is 4. The van der Waals surface area contributed by atoms with Crippen LogP contribution < -0.4 is 0 Å². The zero-order valence-corrected chi connectivity index (χ0v) is 10.2. The van der Waals surface area contributed by atoms with Crippen LogP contribution in [0, 0.1) is 6.92 Å². The molecule has 2 rings (SSSR count). The average Bonchev–Trinajstić information content (AvgIpc) is 2.76. The molecule has 2 aromatic heterocycles. The first-order valence-corrected chi connectivity index (χ1v) is 5.80. The Morgan fingerprint density at radius 3 is 2.94 bits per heavy atom. The Hall–Kier alpha value is -1.68. The van der Waals surface area contributed by atoms with Gasteiger partial charge in [0.05, 0.1) is 6.10 Å². The molecule has 0 saturated heterocycles. The Morgan fingerprint density at radius 2 is 2.24 bits per heavy atom. The van der Waals surface area contributed by atoms with E-state index < -0.39 is 6.10 Å². The maximum Gasteiger partial charge on any atom is 0.111 e. The summed E-state index contributed by atoms with van der Waals surface area (Å²) in [6, 6.07) is 1.96. The van der Waals surface area contributed by atoms with E-state index in [9.17, 15) is 5.11 Å². The molecule has 4 nitrogen and oxygen atoms in total. The second kappa shape index (κ2) is 5.10. The van der Waals surface area contributed by atoms with Crippen LogP contribution in [0.1, 0.15) is 30.0 Å². The maximum atomic E-state index is 10.1.